The van der Waals surface area contributed by atoms with Crippen molar-refractivity contribution in [2.45, 2.75) is 50.2 Å². The van der Waals surface area contributed by atoms with Crippen LogP contribution in [0.1, 0.15) is 49.3 Å². The van der Waals surface area contributed by atoms with Crippen molar-refractivity contribution in [3.63, 3.8) is 0 Å². The molecule has 2 nitrogen and oxygen atoms in total. The first-order valence-corrected chi connectivity index (χ1v) is 7.20. The summed E-state index contributed by atoms with van der Waals surface area (Å²) < 4.78 is 0. The fraction of sp³-hybridized carbons (Fsp3) is 0.625. The van der Waals surface area contributed by atoms with Crippen LogP contribution in [0.4, 0.5) is 0 Å². The second-order valence-electron chi connectivity index (χ2n) is 6.00. The molecule has 1 N–H and O–H groups in total. The third-order valence-corrected chi connectivity index (χ3v) is 4.80. The molecule has 1 aromatic rings. The summed E-state index contributed by atoms with van der Waals surface area (Å²) in [7, 11) is 4.42. The number of fused-ring (bicyclic) bond motifs is 1. The van der Waals surface area contributed by atoms with E-state index in [-0.39, 0.29) is 0 Å². The van der Waals surface area contributed by atoms with Crippen molar-refractivity contribution in [2.75, 3.05) is 14.1 Å². The largest absolute Gasteiger partial charge is 0.312 e. The van der Waals surface area contributed by atoms with Gasteiger partial charge in [0.15, 0.2) is 0 Å². The maximum Gasteiger partial charge on any atom is 0.0478 e. The van der Waals surface area contributed by atoms with E-state index in [1.807, 2.05) is 0 Å². The van der Waals surface area contributed by atoms with Crippen LogP contribution < -0.4 is 5.32 Å². The van der Waals surface area contributed by atoms with Crippen molar-refractivity contribution in [3.8, 4) is 0 Å². The van der Waals surface area contributed by atoms with Gasteiger partial charge in [-0.15, -0.1) is 0 Å². The summed E-state index contributed by atoms with van der Waals surface area (Å²) >= 11 is 0. The second-order valence-corrected chi connectivity index (χ2v) is 6.00. The molecule has 98 valence electrons. The van der Waals surface area contributed by atoms with E-state index in [1.54, 1.807) is 0 Å². The molecule has 0 radical (unpaired) electrons. The molecule has 0 saturated heterocycles. The van der Waals surface area contributed by atoms with E-state index < -0.39 is 0 Å². The van der Waals surface area contributed by atoms with E-state index in [2.05, 4.69) is 55.5 Å². The minimum Gasteiger partial charge on any atom is -0.312 e. The first-order valence-electron chi connectivity index (χ1n) is 7.20. The Kier molecular flexibility index (Phi) is 3.16. The smallest absolute Gasteiger partial charge is 0.0478 e. The number of nitrogens with one attached hydrogen (secondary N) is 1. The van der Waals surface area contributed by atoms with Gasteiger partial charge in [-0.2, -0.15) is 0 Å². The molecule has 2 aliphatic carbocycles. The van der Waals surface area contributed by atoms with Gasteiger partial charge >= 0.3 is 0 Å². The number of nitrogens with zero attached hydrogens (tertiary/aromatic N) is 1. The van der Waals surface area contributed by atoms with Gasteiger partial charge in [0.2, 0.25) is 0 Å². The summed E-state index contributed by atoms with van der Waals surface area (Å²) in [6, 6.07) is 10.9. The molecule has 1 saturated carbocycles. The molecule has 0 heterocycles. The summed E-state index contributed by atoms with van der Waals surface area (Å²) in [4.78, 5) is 2.62. The third kappa shape index (κ3) is 1.98. The fourth-order valence-corrected chi connectivity index (χ4v) is 3.58. The Hall–Kier alpha value is -0.860. The molecule has 0 aromatic heterocycles. The quantitative estimate of drug-likeness (QED) is 0.879. The summed E-state index contributed by atoms with van der Waals surface area (Å²) in [5, 5.41) is 3.55. The normalized spacial score (nSPS) is 31.4. The Labute approximate surface area is 110 Å². The van der Waals surface area contributed by atoms with Crippen LogP contribution in [-0.4, -0.2) is 31.1 Å². The molecule has 0 spiro atoms. The van der Waals surface area contributed by atoms with Crippen molar-refractivity contribution in [3.05, 3.63) is 35.4 Å². The number of benzene rings is 1. The Bertz CT molecular complexity index is 425. The SMILES string of the molecule is CNC1c2ccccc2C(C)CC1N(C)C1CC1. The van der Waals surface area contributed by atoms with Gasteiger partial charge in [-0.1, -0.05) is 31.2 Å². The Balaban J connectivity index is 1.94. The van der Waals surface area contributed by atoms with Gasteiger partial charge in [0.25, 0.3) is 0 Å². The molecule has 18 heavy (non-hydrogen) atoms. The lowest BCUT2D eigenvalue weighted by molar-refractivity contribution is 0.160. The molecule has 1 fully saturated rings. The molecular formula is C16H24N2. The highest BCUT2D eigenvalue weighted by atomic mass is 15.2. The Morgan fingerprint density at radius 2 is 1.83 bits per heavy atom. The van der Waals surface area contributed by atoms with Crippen molar-refractivity contribution in [1.29, 1.82) is 0 Å². The molecule has 0 aliphatic heterocycles. The predicted octanol–water partition coefficient (Wildman–Crippen LogP) is 2.92. The summed E-state index contributed by atoms with van der Waals surface area (Å²) in [6.45, 7) is 2.37. The molecule has 2 aliphatic rings. The average molecular weight is 244 g/mol. The number of rotatable bonds is 3. The highest BCUT2D eigenvalue weighted by Crippen LogP contribution is 2.41. The Morgan fingerprint density at radius 1 is 1.17 bits per heavy atom. The average Bonchev–Trinajstić information content (AvgIpc) is 3.22. The molecular weight excluding hydrogens is 220 g/mol. The van der Waals surface area contributed by atoms with Gasteiger partial charge in [0, 0.05) is 18.1 Å². The van der Waals surface area contributed by atoms with Crippen LogP contribution in [0, 0.1) is 0 Å². The zero-order chi connectivity index (χ0) is 12.7. The van der Waals surface area contributed by atoms with Gasteiger partial charge in [0.1, 0.15) is 0 Å². The Morgan fingerprint density at radius 3 is 2.44 bits per heavy atom. The van der Waals surface area contributed by atoms with Crippen molar-refractivity contribution in [1.82, 2.24) is 10.2 Å². The van der Waals surface area contributed by atoms with Crippen molar-refractivity contribution < 1.29 is 0 Å². The zero-order valence-electron chi connectivity index (χ0n) is 11.7. The van der Waals surface area contributed by atoms with Gasteiger partial charge in [0.05, 0.1) is 0 Å². The second kappa shape index (κ2) is 4.67. The first kappa shape index (κ1) is 12.2. The number of likely N-dealkylation sites (N-methyl/N-ethyl adjacent to an activating group) is 2. The molecule has 0 amide bonds. The summed E-state index contributed by atoms with van der Waals surface area (Å²) in [5.74, 6) is 0.678. The lowest BCUT2D eigenvalue weighted by Gasteiger charge is -2.42. The molecule has 0 bridgehead atoms. The highest BCUT2D eigenvalue weighted by Gasteiger charge is 2.39. The highest BCUT2D eigenvalue weighted by molar-refractivity contribution is 5.36. The lowest BCUT2D eigenvalue weighted by atomic mass is 9.77. The van der Waals surface area contributed by atoms with Gasteiger partial charge < -0.3 is 5.32 Å². The molecule has 1 aromatic carbocycles. The first-order chi connectivity index (χ1) is 8.72. The van der Waals surface area contributed by atoms with Crippen molar-refractivity contribution in [2.24, 2.45) is 0 Å². The van der Waals surface area contributed by atoms with E-state index in [0.29, 0.717) is 18.0 Å². The van der Waals surface area contributed by atoms with E-state index in [1.165, 1.54) is 30.4 Å². The van der Waals surface area contributed by atoms with Crippen LogP contribution in [0.15, 0.2) is 24.3 Å². The fourth-order valence-electron chi connectivity index (χ4n) is 3.58. The monoisotopic (exact) mass is 244 g/mol. The third-order valence-electron chi connectivity index (χ3n) is 4.80. The maximum atomic E-state index is 3.55. The molecule has 3 rings (SSSR count). The van der Waals surface area contributed by atoms with Crippen LogP contribution in [0.3, 0.4) is 0 Å². The van der Waals surface area contributed by atoms with E-state index in [4.69, 9.17) is 0 Å². The van der Waals surface area contributed by atoms with E-state index in [0.717, 1.165) is 6.04 Å². The zero-order valence-corrected chi connectivity index (χ0v) is 11.7. The molecule has 3 unspecified atom stereocenters. The maximum absolute atomic E-state index is 3.55. The van der Waals surface area contributed by atoms with Crippen LogP contribution in [0.2, 0.25) is 0 Å². The topological polar surface area (TPSA) is 15.3 Å². The van der Waals surface area contributed by atoms with Gasteiger partial charge in [-0.25, -0.2) is 0 Å². The van der Waals surface area contributed by atoms with E-state index in [9.17, 15) is 0 Å². The summed E-state index contributed by atoms with van der Waals surface area (Å²) in [5.41, 5.74) is 3.05. The van der Waals surface area contributed by atoms with Gasteiger partial charge in [-0.3, -0.25) is 4.90 Å². The van der Waals surface area contributed by atoms with Gasteiger partial charge in [-0.05, 0) is 50.4 Å². The number of hydrogen-bond donors (Lipinski definition) is 1. The number of hydrogen-bond acceptors (Lipinski definition) is 2. The van der Waals surface area contributed by atoms with E-state index >= 15 is 0 Å². The standard InChI is InChI=1S/C16H24N2/c1-11-10-15(18(3)12-8-9-12)16(17-2)14-7-5-4-6-13(11)14/h4-7,11-12,15-17H,8-10H2,1-3H3. The minimum absolute atomic E-state index is 0.489. The van der Waals surface area contributed by atoms with Crippen LogP contribution in [0.25, 0.3) is 0 Å². The summed E-state index contributed by atoms with van der Waals surface area (Å²) in [6.07, 6.45) is 4.05. The van der Waals surface area contributed by atoms with Crippen LogP contribution in [-0.2, 0) is 0 Å². The predicted molar refractivity (Wildman–Crippen MR) is 75.8 cm³/mol. The van der Waals surface area contributed by atoms with Crippen LogP contribution in [0.5, 0.6) is 0 Å². The molecule has 2 heteroatoms. The molecule has 3 atom stereocenters. The minimum atomic E-state index is 0.489. The van der Waals surface area contributed by atoms with Crippen LogP contribution >= 0.6 is 0 Å². The lowest BCUT2D eigenvalue weighted by Crippen LogP contribution is -2.46. The van der Waals surface area contributed by atoms with Crippen molar-refractivity contribution >= 4 is 0 Å².